The highest BCUT2D eigenvalue weighted by Crippen LogP contribution is 2.23. The van der Waals surface area contributed by atoms with Crippen LogP contribution in [-0.2, 0) is 4.79 Å². The Morgan fingerprint density at radius 2 is 1.70 bits per heavy atom. The molecule has 0 aliphatic rings. The van der Waals surface area contributed by atoms with E-state index < -0.39 is 0 Å². The number of fused-ring (bicyclic) bond motifs is 1. The van der Waals surface area contributed by atoms with Gasteiger partial charge in [0.25, 0.3) is 11.5 Å². The number of rotatable bonds is 5. The van der Waals surface area contributed by atoms with Crippen molar-refractivity contribution in [1.29, 1.82) is 0 Å². The summed E-state index contributed by atoms with van der Waals surface area (Å²) in [4.78, 5) is 30.1. The largest absolute Gasteiger partial charge is 0.481 e. The normalized spacial score (nSPS) is 10.7. The lowest BCUT2D eigenvalue weighted by Crippen LogP contribution is -2.24. The van der Waals surface area contributed by atoms with Crippen LogP contribution in [0.15, 0.2) is 77.6 Å². The molecule has 0 aliphatic heterocycles. The lowest BCUT2D eigenvalue weighted by Gasteiger charge is -2.15. The number of carbonyl (C=O) groups is 1. The van der Waals surface area contributed by atoms with Crippen molar-refractivity contribution in [2.75, 3.05) is 11.9 Å². The number of hydrogen-bond donors (Lipinski definition) is 1. The molecule has 4 rings (SSSR count). The lowest BCUT2D eigenvalue weighted by atomic mass is 10.1. The van der Waals surface area contributed by atoms with E-state index in [0.717, 1.165) is 11.3 Å². The Hall–Kier alpha value is -3.93. The fourth-order valence-electron chi connectivity index (χ4n) is 3.37. The third kappa shape index (κ3) is 3.80. The predicted molar refractivity (Wildman–Crippen MR) is 117 cm³/mol. The minimum absolute atomic E-state index is 0.175. The maximum atomic E-state index is 13.2. The third-order valence-corrected chi connectivity index (χ3v) is 4.80. The third-order valence-electron chi connectivity index (χ3n) is 4.80. The molecule has 0 fully saturated rings. The first-order chi connectivity index (χ1) is 14.5. The molecule has 0 aliphatic carbocycles. The molecule has 0 radical (unpaired) electrons. The van der Waals surface area contributed by atoms with Crippen molar-refractivity contribution in [2.45, 2.75) is 13.8 Å². The molecule has 4 aromatic rings. The van der Waals surface area contributed by atoms with Crippen LogP contribution in [0.2, 0.25) is 0 Å². The molecular formula is C24H21N3O3. The van der Waals surface area contributed by atoms with E-state index in [9.17, 15) is 9.59 Å². The highest BCUT2D eigenvalue weighted by molar-refractivity contribution is 5.92. The molecule has 0 unspecified atom stereocenters. The van der Waals surface area contributed by atoms with Crippen molar-refractivity contribution in [1.82, 2.24) is 9.55 Å². The second kappa shape index (κ2) is 8.21. The van der Waals surface area contributed by atoms with Gasteiger partial charge in [-0.25, -0.2) is 4.98 Å². The first-order valence-corrected chi connectivity index (χ1v) is 9.60. The smallest absolute Gasteiger partial charge is 0.266 e. The SMILES string of the molecule is Cc1ccccc1-n1c(C)nc2c(OCC(=O)Nc3ccccc3)cccc2c1=O. The first-order valence-electron chi connectivity index (χ1n) is 9.60. The topological polar surface area (TPSA) is 73.2 Å². The maximum absolute atomic E-state index is 13.2. The molecule has 150 valence electrons. The van der Waals surface area contributed by atoms with Crippen molar-refractivity contribution >= 4 is 22.5 Å². The molecule has 1 aromatic heterocycles. The minimum atomic E-state index is -0.289. The van der Waals surface area contributed by atoms with Gasteiger partial charge in [-0.2, -0.15) is 0 Å². The number of para-hydroxylation sites is 3. The van der Waals surface area contributed by atoms with Crippen molar-refractivity contribution in [3.05, 3.63) is 94.5 Å². The van der Waals surface area contributed by atoms with E-state index in [4.69, 9.17) is 4.74 Å². The molecule has 0 saturated carbocycles. The van der Waals surface area contributed by atoms with Crippen molar-refractivity contribution in [2.24, 2.45) is 0 Å². The van der Waals surface area contributed by atoms with Crippen molar-refractivity contribution < 1.29 is 9.53 Å². The van der Waals surface area contributed by atoms with Gasteiger partial charge in [0.15, 0.2) is 6.61 Å². The van der Waals surface area contributed by atoms with Crippen LogP contribution in [0.3, 0.4) is 0 Å². The molecule has 0 atom stereocenters. The quantitative estimate of drug-likeness (QED) is 0.550. The Labute approximate surface area is 173 Å². The maximum Gasteiger partial charge on any atom is 0.266 e. The number of nitrogens with one attached hydrogen (secondary N) is 1. The van der Waals surface area contributed by atoms with Gasteiger partial charge in [-0.3, -0.25) is 14.2 Å². The Balaban J connectivity index is 1.65. The zero-order chi connectivity index (χ0) is 21.1. The molecule has 0 spiro atoms. The van der Waals surface area contributed by atoms with Crippen molar-refractivity contribution in [3.63, 3.8) is 0 Å². The lowest BCUT2D eigenvalue weighted by molar-refractivity contribution is -0.118. The fourth-order valence-corrected chi connectivity index (χ4v) is 3.37. The van der Waals surface area contributed by atoms with Crippen LogP contribution in [0.5, 0.6) is 5.75 Å². The van der Waals surface area contributed by atoms with Gasteiger partial charge in [0.2, 0.25) is 0 Å². The molecule has 0 saturated heterocycles. The number of amides is 1. The molecule has 0 bridgehead atoms. The Morgan fingerprint density at radius 3 is 2.47 bits per heavy atom. The van der Waals surface area contributed by atoms with Crippen LogP contribution in [0.25, 0.3) is 16.6 Å². The van der Waals surface area contributed by atoms with E-state index >= 15 is 0 Å². The van der Waals surface area contributed by atoms with Gasteiger partial charge in [0.05, 0.1) is 11.1 Å². The Kier molecular flexibility index (Phi) is 5.30. The van der Waals surface area contributed by atoms with Crippen LogP contribution in [0.1, 0.15) is 11.4 Å². The summed E-state index contributed by atoms with van der Waals surface area (Å²) in [6.45, 7) is 3.55. The molecule has 6 heteroatoms. The van der Waals surface area contributed by atoms with Gasteiger partial charge >= 0.3 is 0 Å². The van der Waals surface area contributed by atoms with Crippen LogP contribution >= 0.6 is 0 Å². The summed E-state index contributed by atoms with van der Waals surface area (Å²) in [6.07, 6.45) is 0. The average molecular weight is 399 g/mol. The summed E-state index contributed by atoms with van der Waals surface area (Å²) in [5.41, 5.74) is 2.74. The van der Waals surface area contributed by atoms with Crippen LogP contribution in [-0.4, -0.2) is 22.1 Å². The Bertz CT molecular complexity index is 1280. The predicted octanol–water partition coefficient (Wildman–Crippen LogP) is 4.02. The van der Waals surface area contributed by atoms with E-state index in [0.29, 0.717) is 28.2 Å². The standard InChI is InChI=1S/C24H21N3O3/c1-16-9-6-7-13-20(16)27-17(2)25-23-19(24(27)29)12-8-14-21(23)30-15-22(28)26-18-10-4-3-5-11-18/h3-14H,15H2,1-2H3,(H,26,28). The van der Waals surface area contributed by atoms with E-state index in [2.05, 4.69) is 10.3 Å². The number of aryl methyl sites for hydroxylation is 2. The van der Waals surface area contributed by atoms with E-state index in [1.165, 1.54) is 0 Å². The van der Waals surface area contributed by atoms with Gasteiger partial charge in [0.1, 0.15) is 17.1 Å². The van der Waals surface area contributed by atoms with Crippen molar-refractivity contribution in [3.8, 4) is 11.4 Å². The molecule has 6 nitrogen and oxygen atoms in total. The fraction of sp³-hybridized carbons (Fsp3) is 0.125. The molecule has 3 aromatic carbocycles. The number of aromatic nitrogens is 2. The zero-order valence-corrected chi connectivity index (χ0v) is 16.8. The molecule has 1 amide bonds. The summed E-state index contributed by atoms with van der Waals surface area (Å²) in [6, 6.07) is 22.0. The highest BCUT2D eigenvalue weighted by atomic mass is 16.5. The second-order valence-corrected chi connectivity index (χ2v) is 6.94. The van der Waals surface area contributed by atoms with Gasteiger partial charge in [0, 0.05) is 5.69 Å². The van der Waals surface area contributed by atoms with E-state index in [1.54, 1.807) is 41.8 Å². The monoisotopic (exact) mass is 399 g/mol. The zero-order valence-electron chi connectivity index (χ0n) is 16.8. The van der Waals surface area contributed by atoms with Gasteiger partial charge < -0.3 is 10.1 Å². The number of carbonyl (C=O) groups excluding carboxylic acids is 1. The van der Waals surface area contributed by atoms with Crippen LogP contribution < -0.4 is 15.6 Å². The van der Waals surface area contributed by atoms with E-state index in [1.807, 2.05) is 49.4 Å². The second-order valence-electron chi connectivity index (χ2n) is 6.94. The summed E-state index contributed by atoms with van der Waals surface area (Å²) >= 11 is 0. The summed E-state index contributed by atoms with van der Waals surface area (Å²) in [5.74, 6) is 0.655. The Morgan fingerprint density at radius 1 is 0.967 bits per heavy atom. The van der Waals surface area contributed by atoms with E-state index in [-0.39, 0.29) is 18.1 Å². The number of nitrogens with zero attached hydrogens (tertiary/aromatic N) is 2. The summed E-state index contributed by atoms with van der Waals surface area (Å²) < 4.78 is 7.31. The molecule has 1 N–H and O–H groups in total. The average Bonchev–Trinajstić information content (AvgIpc) is 2.74. The van der Waals surface area contributed by atoms with Gasteiger partial charge in [-0.05, 0) is 49.7 Å². The number of anilines is 1. The highest BCUT2D eigenvalue weighted by Gasteiger charge is 2.15. The first kappa shape index (κ1) is 19.4. The number of benzene rings is 3. The molecule has 30 heavy (non-hydrogen) atoms. The molecule has 1 heterocycles. The van der Waals surface area contributed by atoms with Gasteiger partial charge in [-0.1, -0.05) is 42.5 Å². The molecular weight excluding hydrogens is 378 g/mol. The van der Waals surface area contributed by atoms with Gasteiger partial charge in [-0.15, -0.1) is 0 Å². The number of hydrogen-bond acceptors (Lipinski definition) is 4. The summed E-state index contributed by atoms with van der Waals surface area (Å²) in [5, 5.41) is 3.20. The van der Waals surface area contributed by atoms with Crippen LogP contribution in [0, 0.1) is 13.8 Å². The number of ether oxygens (including phenoxy) is 1. The summed E-state index contributed by atoms with van der Waals surface area (Å²) in [7, 11) is 0. The van der Waals surface area contributed by atoms with Crippen LogP contribution in [0.4, 0.5) is 5.69 Å². The minimum Gasteiger partial charge on any atom is -0.481 e.